The van der Waals surface area contributed by atoms with Crippen molar-refractivity contribution in [3.63, 3.8) is 0 Å². The van der Waals surface area contributed by atoms with E-state index in [9.17, 15) is 4.79 Å². The first-order chi connectivity index (χ1) is 9.15. The largest absolute Gasteiger partial charge is 0.392 e. The Morgan fingerprint density at radius 1 is 1.47 bits per heavy atom. The smallest absolute Gasteiger partial charge is 0.224 e. The lowest BCUT2D eigenvalue weighted by Crippen LogP contribution is -2.36. The van der Waals surface area contributed by atoms with Gasteiger partial charge in [0.15, 0.2) is 0 Å². The number of benzene rings is 1. The van der Waals surface area contributed by atoms with Gasteiger partial charge in [0.25, 0.3) is 0 Å². The average molecular weight is 262 g/mol. The predicted octanol–water partition coefficient (Wildman–Crippen LogP) is 1.01. The Balaban J connectivity index is 1.78. The monoisotopic (exact) mass is 262 g/mol. The minimum Gasteiger partial charge on any atom is -0.392 e. The molecule has 0 aromatic heterocycles. The van der Waals surface area contributed by atoms with Gasteiger partial charge in [-0.15, -0.1) is 0 Å². The molecular formula is C15H22N2O2. The normalized spacial score (nSPS) is 21.3. The van der Waals surface area contributed by atoms with Gasteiger partial charge >= 0.3 is 0 Å². The van der Waals surface area contributed by atoms with Crippen molar-refractivity contribution in [2.24, 2.45) is 5.92 Å². The number of likely N-dealkylation sites (tertiary alicyclic amines) is 1. The van der Waals surface area contributed by atoms with Gasteiger partial charge < -0.3 is 10.4 Å². The Kier molecular flexibility index (Phi) is 4.93. The Labute approximate surface area is 114 Å². The molecule has 19 heavy (non-hydrogen) atoms. The molecule has 1 heterocycles. The molecule has 1 fully saturated rings. The van der Waals surface area contributed by atoms with Gasteiger partial charge in [-0.25, -0.2) is 0 Å². The first-order valence-electron chi connectivity index (χ1n) is 6.87. The third kappa shape index (κ3) is 4.33. The zero-order chi connectivity index (χ0) is 13.7. The van der Waals surface area contributed by atoms with E-state index in [1.807, 2.05) is 18.2 Å². The maximum absolute atomic E-state index is 11.9. The summed E-state index contributed by atoms with van der Waals surface area (Å²) in [7, 11) is 0. The summed E-state index contributed by atoms with van der Waals surface area (Å²) < 4.78 is 0. The molecule has 4 heteroatoms. The van der Waals surface area contributed by atoms with E-state index >= 15 is 0 Å². The summed E-state index contributed by atoms with van der Waals surface area (Å²) >= 11 is 0. The second-order valence-electron chi connectivity index (χ2n) is 5.30. The fourth-order valence-corrected chi connectivity index (χ4v) is 2.42. The number of aliphatic hydroxyl groups is 1. The Morgan fingerprint density at radius 2 is 2.21 bits per heavy atom. The summed E-state index contributed by atoms with van der Waals surface area (Å²) in [6.45, 7) is 4.69. The van der Waals surface area contributed by atoms with Crippen LogP contribution in [0.5, 0.6) is 0 Å². The first kappa shape index (κ1) is 14.0. The molecule has 0 radical (unpaired) electrons. The maximum Gasteiger partial charge on any atom is 0.224 e. The van der Waals surface area contributed by atoms with Crippen molar-refractivity contribution in [2.75, 3.05) is 19.6 Å². The molecule has 2 unspecified atom stereocenters. The molecule has 0 bridgehead atoms. The van der Waals surface area contributed by atoms with E-state index in [1.54, 1.807) is 6.92 Å². The van der Waals surface area contributed by atoms with Crippen molar-refractivity contribution in [2.45, 2.75) is 26.0 Å². The van der Waals surface area contributed by atoms with Crippen LogP contribution in [0.2, 0.25) is 0 Å². The standard InChI is InChI=1S/C15H22N2O2/c1-12(18)9-16-15(19)14-7-8-17(11-14)10-13-5-3-2-4-6-13/h2-6,12,14,18H,7-11H2,1H3,(H,16,19). The zero-order valence-electron chi connectivity index (χ0n) is 11.4. The molecule has 0 spiro atoms. The summed E-state index contributed by atoms with van der Waals surface area (Å²) in [6.07, 6.45) is 0.421. The highest BCUT2D eigenvalue weighted by Gasteiger charge is 2.27. The lowest BCUT2D eigenvalue weighted by molar-refractivity contribution is -0.125. The van der Waals surface area contributed by atoms with E-state index in [2.05, 4.69) is 22.3 Å². The molecule has 104 valence electrons. The molecular weight excluding hydrogens is 240 g/mol. The van der Waals surface area contributed by atoms with Crippen LogP contribution < -0.4 is 5.32 Å². The van der Waals surface area contributed by atoms with Crippen molar-refractivity contribution < 1.29 is 9.90 Å². The highest BCUT2D eigenvalue weighted by molar-refractivity contribution is 5.79. The van der Waals surface area contributed by atoms with Gasteiger partial charge in [-0.05, 0) is 25.5 Å². The first-order valence-corrected chi connectivity index (χ1v) is 6.87. The molecule has 2 rings (SSSR count). The van der Waals surface area contributed by atoms with Crippen LogP contribution in [0, 0.1) is 5.92 Å². The highest BCUT2D eigenvalue weighted by Crippen LogP contribution is 2.18. The van der Waals surface area contributed by atoms with Crippen LogP contribution in [0.15, 0.2) is 30.3 Å². The van der Waals surface area contributed by atoms with Crippen LogP contribution in [0.4, 0.5) is 0 Å². The second kappa shape index (κ2) is 6.68. The lowest BCUT2D eigenvalue weighted by Gasteiger charge is -2.16. The number of aliphatic hydroxyl groups excluding tert-OH is 1. The van der Waals surface area contributed by atoms with Gasteiger partial charge in [0.2, 0.25) is 5.91 Å². The Hall–Kier alpha value is -1.39. The number of nitrogens with one attached hydrogen (secondary N) is 1. The maximum atomic E-state index is 11.9. The summed E-state index contributed by atoms with van der Waals surface area (Å²) in [5.41, 5.74) is 1.28. The van der Waals surface area contributed by atoms with Crippen LogP contribution in [0.1, 0.15) is 18.9 Å². The highest BCUT2D eigenvalue weighted by atomic mass is 16.3. The number of carbonyl (C=O) groups is 1. The number of nitrogens with zero attached hydrogens (tertiary/aromatic N) is 1. The van der Waals surface area contributed by atoms with E-state index in [1.165, 1.54) is 5.56 Å². The van der Waals surface area contributed by atoms with Gasteiger partial charge in [0.1, 0.15) is 0 Å². The van der Waals surface area contributed by atoms with Gasteiger partial charge in [0, 0.05) is 19.6 Å². The van der Waals surface area contributed by atoms with Crippen LogP contribution >= 0.6 is 0 Å². The van der Waals surface area contributed by atoms with Crippen LogP contribution in [0.25, 0.3) is 0 Å². The molecule has 2 atom stereocenters. The average Bonchev–Trinajstić information content (AvgIpc) is 2.85. The minimum absolute atomic E-state index is 0.0578. The minimum atomic E-state index is -0.481. The van der Waals surface area contributed by atoms with E-state index < -0.39 is 6.10 Å². The van der Waals surface area contributed by atoms with Gasteiger partial charge in [-0.1, -0.05) is 30.3 Å². The number of rotatable bonds is 5. The molecule has 1 aromatic carbocycles. The summed E-state index contributed by atoms with van der Waals surface area (Å²) in [5, 5.41) is 12.0. The van der Waals surface area contributed by atoms with E-state index in [4.69, 9.17) is 5.11 Å². The molecule has 0 saturated carbocycles. The summed E-state index contributed by atoms with van der Waals surface area (Å²) in [5.74, 6) is 0.124. The topological polar surface area (TPSA) is 52.6 Å². The van der Waals surface area contributed by atoms with Crippen LogP contribution in [-0.4, -0.2) is 41.7 Å². The summed E-state index contributed by atoms with van der Waals surface area (Å²) in [4.78, 5) is 14.2. The van der Waals surface area contributed by atoms with Crippen LogP contribution in [-0.2, 0) is 11.3 Å². The molecule has 0 aliphatic carbocycles. The molecule has 1 aromatic rings. The number of carbonyl (C=O) groups excluding carboxylic acids is 1. The predicted molar refractivity (Wildman–Crippen MR) is 74.5 cm³/mol. The third-order valence-corrected chi connectivity index (χ3v) is 3.46. The Morgan fingerprint density at radius 3 is 2.89 bits per heavy atom. The van der Waals surface area contributed by atoms with Gasteiger partial charge in [-0.3, -0.25) is 9.69 Å². The fraction of sp³-hybridized carbons (Fsp3) is 0.533. The molecule has 4 nitrogen and oxygen atoms in total. The number of amides is 1. The Bertz CT molecular complexity index is 406. The molecule has 1 aliphatic heterocycles. The lowest BCUT2D eigenvalue weighted by atomic mass is 10.1. The van der Waals surface area contributed by atoms with Crippen molar-refractivity contribution in [3.8, 4) is 0 Å². The SMILES string of the molecule is CC(O)CNC(=O)C1CCN(Cc2ccccc2)C1. The molecule has 1 saturated heterocycles. The number of hydrogen-bond acceptors (Lipinski definition) is 3. The quantitative estimate of drug-likeness (QED) is 0.832. The molecule has 2 N–H and O–H groups in total. The van der Waals surface area contributed by atoms with E-state index in [-0.39, 0.29) is 11.8 Å². The number of hydrogen-bond donors (Lipinski definition) is 2. The van der Waals surface area contributed by atoms with E-state index in [0.717, 1.165) is 26.1 Å². The summed E-state index contributed by atoms with van der Waals surface area (Å²) in [6, 6.07) is 10.3. The second-order valence-corrected chi connectivity index (χ2v) is 5.30. The fourth-order valence-electron chi connectivity index (χ4n) is 2.42. The van der Waals surface area contributed by atoms with Gasteiger partial charge in [0.05, 0.1) is 12.0 Å². The van der Waals surface area contributed by atoms with Gasteiger partial charge in [-0.2, -0.15) is 0 Å². The van der Waals surface area contributed by atoms with E-state index in [0.29, 0.717) is 6.54 Å². The molecule has 1 amide bonds. The van der Waals surface area contributed by atoms with Crippen LogP contribution in [0.3, 0.4) is 0 Å². The van der Waals surface area contributed by atoms with Crippen molar-refractivity contribution >= 4 is 5.91 Å². The molecule has 1 aliphatic rings. The zero-order valence-corrected chi connectivity index (χ0v) is 11.4. The third-order valence-electron chi connectivity index (χ3n) is 3.46. The van der Waals surface area contributed by atoms with Crippen molar-refractivity contribution in [1.82, 2.24) is 10.2 Å². The van der Waals surface area contributed by atoms with Crippen molar-refractivity contribution in [1.29, 1.82) is 0 Å². The van der Waals surface area contributed by atoms with Crippen molar-refractivity contribution in [3.05, 3.63) is 35.9 Å².